The van der Waals surface area contributed by atoms with Crippen molar-refractivity contribution in [2.75, 3.05) is 17.2 Å². The molecule has 0 amide bonds. The number of anilines is 2. The van der Waals surface area contributed by atoms with Crippen LogP contribution >= 0.6 is 0 Å². The highest BCUT2D eigenvalue weighted by Crippen LogP contribution is 2.26. The molecule has 104 valence electrons. The van der Waals surface area contributed by atoms with Crippen LogP contribution in [-0.4, -0.2) is 11.5 Å². The molecule has 1 heterocycles. The van der Waals surface area contributed by atoms with E-state index in [1.165, 1.54) is 0 Å². The van der Waals surface area contributed by atoms with E-state index in [9.17, 15) is 0 Å². The number of benzene rings is 1. The predicted molar refractivity (Wildman–Crippen MR) is 81.1 cm³/mol. The van der Waals surface area contributed by atoms with Crippen molar-refractivity contribution in [3.05, 3.63) is 53.9 Å². The molecule has 0 saturated heterocycles. The Bertz CT molecular complexity index is 682. The molecule has 0 fully saturated rings. The molecule has 0 unspecified atom stereocenters. The molecule has 2 rings (SSSR count). The summed E-state index contributed by atoms with van der Waals surface area (Å²) >= 11 is 0. The van der Waals surface area contributed by atoms with Gasteiger partial charge in [-0.1, -0.05) is 6.07 Å². The molecule has 0 aliphatic rings. The third-order valence-corrected chi connectivity index (χ3v) is 3.09. The van der Waals surface area contributed by atoms with Crippen LogP contribution in [0.5, 0.6) is 0 Å². The second kappa shape index (κ2) is 6.93. The first kappa shape index (κ1) is 14.4. The summed E-state index contributed by atoms with van der Waals surface area (Å²) < 4.78 is 0. The van der Waals surface area contributed by atoms with Crippen molar-refractivity contribution in [2.24, 2.45) is 0 Å². The number of nitrogens with two attached hydrogens (primary N) is 1. The van der Waals surface area contributed by atoms with E-state index in [4.69, 9.17) is 16.3 Å². The SMILES string of the molecule is N#CCCN(Cc1cccnc1)c1ccc(C#N)cc1N. The van der Waals surface area contributed by atoms with Crippen molar-refractivity contribution in [2.45, 2.75) is 13.0 Å². The smallest absolute Gasteiger partial charge is 0.0992 e. The standard InChI is InChI=1S/C16H15N5/c17-6-2-8-21(12-14-3-1-7-20-11-14)16-5-4-13(10-18)9-15(16)19/h1,3-5,7,9,11H,2,8,12,19H2. The number of aromatic nitrogens is 1. The number of nitrogen functional groups attached to an aromatic ring is 1. The Morgan fingerprint density at radius 3 is 2.71 bits per heavy atom. The van der Waals surface area contributed by atoms with Crippen LogP contribution in [0.1, 0.15) is 17.5 Å². The van der Waals surface area contributed by atoms with Crippen molar-refractivity contribution in [1.82, 2.24) is 4.98 Å². The third kappa shape index (κ3) is 3.71. The van der Waals surface area contributed by atoms with E-state index in [1.807, 2.05) is 23.1 Å². The molecule has 21 heavy (non-hydrogen) atoms. The lowest BCUT2D eigenvalue weighted by Crippen LogP contribution is -2.24. The maximum Gasteiger partial charge on any atom is 0.0992 e. The highest BCUT2D eigenvalue weighted by Gasteiger charge is 2.11. The minimum absolute atomic E-state index is 0.402. The molecule has 1 aromatic heterocycles. The molecule has 0 aliphatic carbocycles. The molecule has 0 bridgehead atoms. The molecule has 5 heteroatoms. The Kier molecular flexibility index (Phi) is 4.74. The van der Waals surface area contributed by atoms with Gasteiger partial charge >= 0.3 is 0 Å². The topological polar surface area (TPSA) is 89.7 Å². The lowest BCUT2D eigenvalue weighted by molar-refractivity contribution is 0.796. The lowest BCUT2D eigenvalue weighted by Gasteiger charge is -2.25. The van der Waals surface area contributed by atoms with Crippen LogP contribution in [0.4, 0.5) is 11.4 Å². The van der Waals surface area contributed by atoms with E-state index in [2.05, 4.69) is 17.1 Å². The van der Waals surface area contributed by atoms with E-state index in [-0.39, 0.29) is 0 Å². The van der Waals surface area contributed by atoms with Gasteiger partial charge in [0.05, 0.1) is 35.5 Å². The van der Waals surface area contributed by atoms with Gasteiger partial charge in [0.1, 0.15) is 0 Å². The van der Waals surface area contributed by atoms with Crippen molar-refractivity contribution in [1.29, 1.82) is 10.5 Å². The fourth-order valence-corrected chi connectivity index (χ4v) is 2.09. The highest BCUT2D eigenvalue weighted by molar-refractivity contribution is 5.69. The zero-order valence-electron chi connectivity index (χ0n) is 11.5. The molecular formula is C16H15N5. The summed E-state index contributed by atoms with van der Waals surface area (Å²) in [4.78, 5) is 6.12. The monoisotopic (exact) mass is 277 g/mol. The van der Waals surface area contributed by atoms with Crippen molar-refractivity contribution in [3.8, 4) is 12.1 Å². The molecule has 0 spiro atoms. The molecule has 5 nitrogen and oxygen atoms in total. The molecule has 1 aromatic carbocycles. The summed E-state index contributed by atoms with van der Waals surface area (Å²) in [6, 6.07) is 13.3. The average Bonchev–Trinajstić information content (AvgIpc) is 2.52. The first-order chi connectivity index (χ1) is 10.2. The number of hydrogen-bond acceptors (Lipinski definition) is 5. The normalized spacial score (nSPS) is 9.62. The Balaban J connectivity index is 2.28. The highest BCUT2D eigenvalue weighted by atomic mass is 15.1. The number of nitriles is 2. The van der Waals surface area contributed by atoms with Gasteiger partial charge in [-0.15, -0.1) is 0 Å². The van der Waals surface area contributed by atoms with E-state index in [0.717, 1.165) is 11.3 Å². The Morgan fingerprint density at radius 2 is 2.10 bits per heavy atom. The zero-order valence-corrected chi connectivity index (χ0v) is 11.5. The second-order valence-corrected chi connectivity index (χ2v) is 4.58. The van der Waals surface area contributed by atoms with E-state index in [0.29, 0.717) is 30.8 Å². The fraction of sp³-hybridized carbons (Fsp3) is 0.188. The summed E-state index contributed by atoms with van der Waals surface area (Å²) in [5, 5.41) is 17.7. The Hall–Kier alpha value is -3.05. The third-order valence-electron chi connectivity index (χ3n) is 3.09. The molecule has 0 aliphatic heterocycles. The van der Waals surface area contributed by atoms with Gasteiger partial charge in [-0.05, 0) is 29.8 Å². The second-order valence-electron chi connectivity index (χ2n) is 4.58. The lowest BCUT2D eigenvalue weighted by atomic mass is 10.1. The van der Waals surface area contributed by atoms with Crippen LogP contribution in [0.2, 0.25) is 0 Å². The maximum absolute atomic E-state index is 8.90. The minimum Gasteiger partial charge on any atom is -0.397 e. The quantitative estimate of drug-likeness (QED) is 0.848. The number of rotatable bonds is 5. The summed E-state index contributed by atoms with van der Waals surface area (Å²) in [6.45, 7) is 1.19. The fourth-order valence-electron chi connectivity index (χ4n) is 2.09. The van der Waals surface area contributed by atoms with Crippen molar-refractivity contribution in [3.63, 3.8) is 0 Å². The van der Waals surface area contributed by atoms with Crippen LogP contribution < -0.4 is 10.6 Å². The van der Waals surface area contributed by atoms with Crippen LogP contribution in [-0.2, 0) is 6.54 Å². The van der Waals surface area contributed by atoms with E-state index < -0.39 is 0 Å². The van der Waals surface area contributed by atoms with Crippen LogP contribution in [0.25, 0.3) is 0 Å². The zero-order chi connectivity index (χ0) is 15.1. The molecule has 2 N–H and O–H groups in total. The summed E-state index contributed by atoms with van der Waals surface area (Å²) in [6.07, 6.45) is 3.91. The summed E-state index contributed by atoms with van der Waals surface area (Å²) in [5.74, 6) is 0. The van der Waals surface area contributed by atoms with Crippen LogP contribution in [0.3, 0.4) is 0 Å². The van der Waals surface area contributed by atoms with Gasteiger partial charge in [0.2, 0.25) is 0 Å². The van der Waals surface area contributed by atoms with Gasteiger partial charge in [-0.3, -0.25) is 4.98 Å². The summed E-state index contributed by atoms with van der Waals surface area (Å²) in [5.41, 5.74) is 8.96. The van der Waals surface area contributed by atoms with Crippen molar-refractivity contribution < 1.29 is 0 Å². The Morgan fingerprint density at radius 1 is 1.24 bits per heavy atom. The Labute approximate surface area is 123 Å². The van der Waals surface area contributed by atoms with Gasteiger partial charge in [-0.2, -0.15) is 10.5 Å². The molecule has 0 atom stereocenters. The molecular weight excluding hydrogens is 262 g/mol. The first-order valence-corrected chi connectivity index (χ1v) is 6.55. The van der Waals surface area contributed by atoms with Crippen molar-refractivity contribution >= 4 is 11.4 Å². The molecule has 0 saturated carbocycles. The number of hydrogen-bond donors (Lipinski definition) is 1. The molecule has 0 radical (unpaired) electrons. The van der Waals surface area contributed by atoms with E-state index >= 15 is 0 Å². The van der Waals surface area contributed by atoms with Gasteiger partial charge in [0.15, 0.2) is 0 Å². The van der Waals surface area contributed by atoms with Gasteiger partial charge in [-0.25, -0.2) is 0 Å². The minimum atomic E-state index is 0.402. The predicted octanol–water partition coefficient (Wildman–Crippen LogP) is 2.46. The average molecular weight is 277 g/mol. The van der Waals surface area contributed by atoms with Gasteiger partial charge in [0, 0.05) is 25.5 Å². The maximum atomic E-state index is 8.90. The van der Waals surface area contributed by atoms with E-state index in [1.54, 1.807) is 24.5 Å². The largest absolute Gasteiger partial charge is 0.397 e. The van der Waals surface area contributed by atoms with Gasteiger partial charge in [0.25, 0.3) is 0 Å². The van der Waals surface area contributed by atoms with Crippen LogP contribution in [0.15, 0.2) is 42.7 Å². The number of nitrogens with zero attached hydrogens (tertiary/aromatic N) is 4. The van der Waals surface area contributed by atoms with Gasteiger partial charge < -0.3 is 10.6 Å². The first-order valence-electron chi connectivity index (χ1n) is 6.55. The number of pyridine rings is 1. The van der Waals surface area contributed by atoms with Crippen LogP contribution in [0, 0.1) is 22.7 Å². The molecule has 2 aromatic rings. The summed E-state index contributed by atoms with van der Waals surface area (Å²) in [7, 11) is 0.